The molecule has 2 aromatic carbocycles. The summed E-state index contributed by atoms with van der Waals surface area (Å²) < 4.78 is 13.4. The average molecular weight is 403 g/mol. The van der Waals surface area contributed by atoms with Crippen LogP contribution in [0.1, 0.15) is 54.4 Å². The van der Waals surface area contributed by atoms with E-state index in [9.17, 15) is 4.79 Å². The van der Waals surface area contributed by atoms with Crippen molar-refractivity contribution in [3.8, 4) is 17.2 Å². The van der Waals surface area contributed by atoms with Crippen molar-refractivity contribution < 1.29 is 14.3 Å². The molecule has 0 spiro atoms. The van der Waals surface area contributed by atoms with Crippen molar-refractivity contribution in [2.75, 3.05) is 11.9 Å². The zero-order valence-corrected chi connectivity index (χ0v) is 17.2. The number of ether oxygens (including phenoxy) is 2. The van der Waals surface area contributed by atoms with Crippen LogP contribution in [0, 0.1) is 0 Å². The second-order valence-corrected chi connectivity index (χ2v) is 7.95. The van der Waals surface area contributed by atoms with Crippen LogP contribution in [0.3, 0.4) is 0 Å². The van der Waals surface area contributed by atoms with E-state index in [1.807, 2.05) is 62.4 Å². The minimum absolute atomic E-state index is 0.126. The Balaban J connectivity index is 1.50. The van der Waals surface area contributed by atoms with E-state index < -0.39 is 0 Å². The number of hydrogen-bond acceptors (Lipinski definition) is 4. The van der Waals surface area contributed by atoms with E-state index in [4.69, 9.17) is 14.6 Å². The molecule has 6 nitrogen and oxygen atoms in total. The molecule has 2 aliphatic rings. The Morgan fingerprint density at radius 3 is 2.77 bits per heavy atom. The fourth-order valence-electron chi connectivity index (χ4n) is 3.90. The molecule has 5 rings (SSSR count). The van der Waals surface area contributed by atoms with Gasteiger partial charge < -0.3 is 14.8 Å². The van der Waals surface area contributed by atoms with Crippen molar-refractivity contribution in [2.45, 2.75) is 45.1 Å². The van der Waals surface area contributed by atoms with Crippen LogP contribution in [0.15, 0.2) is 48.5 Å². The predicted molar refractivity (Wildman–Crippen MR) is 115 cm³/mol. The first kappa shape index (κ1) is 18.7. The highest BCUT2D eigenvalue weighted by molar-refractivity contribution is 6.04. The second kappa shape index (κ2) is 7.52. The third-order valence-electron chi connectivity index (χ3n) is 5.50. The highest BCUT2D eigenvalue weighted by atomic mass is 16.5. The third kappa shape index (κ3) is 3.54. The molecule has 0 unspecified atom stereocenters. The summed E-state index contributed by atoms with van der Waals surface area (Å²) in [6.45, 7) is 4.49. The van der Waals surface area contributed by atoms with Crippen molar-refractivity contribution in [1.82, 2.24) is 9.78 Å². The zero-order chi connectivity index (χ0) is 20.7. The van der Waals surface area contributed by atoms with Crippen LogP contribution >= 0.6 is 0 Å². The maximum absolute atomic E-state index is 13.3. The minimum atomic E-state index is -0.217. The van der Waals surface area contributed by atoms with E-state index in [-0.39, 0.29) is 12.0 Å². The van der Waals surface area contributed by atoms with Gasteiger partial charge in [-0.15, -0.1) is 0 Å². The van der Waals surface area contributed by atoms with Crippen LogP contribution in [0.5, 0.6) is 11.5 Å². The van der Waals surface area contributed by atoms with Crippen molar-refractivity contribution in [3.05, 3.63) is 65.5 Å². The molecule has 30 heavy (non-hydrogen) atoms. The van der Waals surface area contributed by atoms with Crippen LogP contribution in [0.2, 0.25) is 0 Å². The predicted octanol–water partition coefficient (Wildman–Crippen LogP) is 4.72. The third-order valence-corrected chi connectivity index (χ3v) is 5.50. The van der Waals surface area contributed by atoms with E-state index in [1.54, 1.807) is 4.68 Å². The molecule has 0 saturated heterocycles. The number of nitrogens with one attached hydrogen (secondary N) is 1. The van der Waals surface area contributed by atoms with Gasteiger partial charge in [-0.2, -0.15) is 5.10 Å². The molecule has 2 heterocycles. The second-order valence-electron chi connectivity index (χ2n) is 7.95. The molecule has 1 aromatic heterocycles. The lowest BCUT2D eigenvalue weighted by Crippen LogP contribution is -2.17. The summed E-state index contributed by atoms with van der Waals surface area (Å²) in [4.78, 5) is 13.3. The van der Waals surface area contributed by atoms with E-state index >= 15 is 0 Å². The molecule has 1 N–H and O–H groups in total. The number of aromatic nitrogens is 2. The summed E-state index contributed by atoms with van der Waals surface area (Å²) in [6, 6.07) is 15.5. The molecule has 0 bridgehead atoms. The monoisotopic (exact) mass is 403 g/mol. The number of anilines is 1. The maximum Gasteiger partial charge on any atom is 0.274 e. The Kier molecular flexibility index (Phi) is 4.69. The lowest BCUT2D eigenvalue weighted by atomic mass is 10.1. The molecule has 1 aliphatic heterocycles. The van der Waals surface area contributed by atoms with E-state index in [1.165, 1.54) is 0 Å². The number of rotatable bonds is 6. The molecule has 0 radical (unpaired) electrons. The topological polar surface area (TPSA) is 65.4 Å². The highest BCUT2D eigenvalue weighted by Crippen LogP contribution is 2.40. The summed E-state index contributed by atoms with van der Waals surface area (Å²) >= 11 is 0. The van der Waals surface area contributed by atoms with Gasteiger partial charge in [-0.25, -0.2) is 4.68 Å². The number of amides is 1. The fourth-order valence-corrected chi connectivity index (χ4v) is 3.90. The standard InChI is InChI=1S/C24H25N3O3/c1-3-29-23-12-17-11-15(2)30-22(17)14-20(23)25-24(28)21-13-19(16-9-10-16)26-27(21)18-7-5-4-6-8-18/h4-8,12-16H,3,9-11H2,1-2H3,(H,25,28)/t15-/m0/s1. The van der Waals surface area contributed by atoms with Crippen molar-refractivity contribution in [2.24, 2.45) is 0 Å². The van der Waals surface area contributed by atoms with E-state index in [0.29, 0.717) is 29.7 Å². The van der Waals surface area contributed by atoms with Crippen LogP contribution in [-0.4, -0.2) is 28.4 Å². The normalized spacial score (nSPS) is 17.3. The number of benzene rings is 2. The quantitative estimate of drug-likeness (QED) is 0.647. The van der Waals surface area contributed by atoms with Gasteiger partial charge in [0, 0.05) is 24.0 Å². The van der Waals surface area contributed by atoms with Gasteiger partial charge in [0.05, 0.1) is 23.7 Å². The van der Waals surface area contributed by atoms with Gasteiger partial charge in [0.15, 0.2) is 0 Å². The van der Waals surface area contributed by atoms with Gasteiger partial charge in [-0.3, -0.25) is 4.79 Å². The Labute approximate surface area is 175 Å². The van der Waals surface area contributed by atoms with Crippen LogP contribution < -0.4 is 14.8 Å². The smallest absolute Gasteiger partial charge is 0.274 e. The number of carbonyl (C=O) groups excluding carboxylic acids is 1. The molecule has 1 saturated carbocycles. The Morgan fingerprint density at radius 2 is 2.03 bits per heavy atom. The average Bonchev–Trinajstić information content (AvgIpc) is 3.39. The summed E-state index contributed by atoms with van der Waals surface area (Å²) in [5, 5.41) is 7.77. The molecular weight excluding hydrogens is 378 g/mol. The van der Waals surface area contributed by atoms with Gasteiger partial charge >= 0.3 is 0 Å². The minimum Gasteiger partial charge on any atom is -0.492 e. The maximum atomic E-state index is 13.3. The van der Waals surface area contributed by atoms with Gasteiger partial charge in [0.1, 0.15) is 23.3 Å². The molecule has 1 amide bonds. The SMILES string of the molecule is CCOc1cc2c(cc1NC(=O)c1cc(C3CC3)nn1-c1ccccc1)O[C@@H](C)C2. The number of carbonyl (C=O) groups is 1. The van der Waals surface area contributed by atoms with E-state index in [0.717, 1.165) is 42.0 Å². The molecule has 3 aromatic rings. The Morgan fingerprint density at radius 1 is 1.23 bits per heavy atom. The van der Waals surface area contributed by atoms with Crippen LogP contribution in [-0.2, 0) is 6.42 Å². The number of fused-ring (bicyclic) bond motifs is 1. The summed E-state index contributed by atoms with van der Waals surface area (Å²) in [6.07, 6.45) is 3.22. The molecule has 6 heteroatoms. The first-order valence-electron chi connectivity index (χ1n) is 10.6. The zero-order valence-electron chi connectivity index (χ0n) is 17.2. The fraction of sp³-hybridized carbons (Fsp3) is 0.333. The first-order chi connectivity index (χ1) is 14.6. The lowest BCUT2D eigenvalue weighted by Gasteiger charge is -2.14. The molecule has 1 fully saturated rings. The number of hydrogen-bond donors (Lipinski definition) is 1. The van der Waals surface area contributed by atoms with Crippen molar-refractivity contribution in [1.29, 1.82) is 0 Å². The molecular formula is C24H25N3O3. The van der Waals surface area contributed by atoms with Crippen molar-refractivity contribution >= 4 is 11.6 Å². The summed E-state index contributed by atoms with van der Waals surface area (Å²) in [7, 11) is 0. The largest absolute Gasteiger partial charge is 0.492 e. The molecule has 1 atom stereocenters. The Hall–Kier alpha value is -3.28. The summed E-state index contributed by atoms with van der Waals surface area (Å²) in [5.74, 6) is 1.70. The summed E-state index contributed by atoms with van der Waals surface area (Å²) in [5.41, 5.74) is 4.07. The van der Waals surface area contributed by atoms with Gasteiger partial charge in [0.2, 0.25) is 0 Å². The van der Waals surface area contributed by atoms with Gasteiger partial charge in [-0.05, 0) is 51.0 Å². The van der Waals surface area contributed by atoms with Gasteiger partial charge in [0.25, 0.3) is 5.91 Å². The molecule has 154 valence electrons. The van der Waals surface area contributed by atoms with Crippen LogP contribution in [0.25, 0.3) is 5.69 Å². The lowest BCUT2D eigenvalue weighted by molar-refractivity contribution is 0.101. The number of nitrogens with zero attached hydrogens (tertiary/aromatic N) is 2. The van der Waals surface area contributed by atoms with Crippen molar-refractivity contribution in [3.63, 3.8) is 0 Å². The first-order valence-corrected chi connectivity index (χ1v) is 10.6. The molecule has 1 aliphatic carbocycles. The van der Waals surface area contributed by atoms with E-state index in [2.05, 4.69) is 5.32 Å². The number of para-hydroxylation sites is 1. The highest BCUT2D eigenvalue weighted by Gasteiger charge is 2.29. The van der Waals surface area contributed by atoms with Gasteiger partial charge in [-0.1, -0.05) is 18.2 Å². The van der Waals surface area contributed by atoms with Crippen LogP contribution in [0.4, 0.5) is 5.69 Å². The Bertz CT molecular complexity index is 1090.